The number of carbonyl (C=O) groups excluding carboxylic acids is 1. The Kier molecular flexibility index (Phi) is 6.98. The summed E-state index contributed by atoms with van der Waals surface area (Å²) in [6.07, 6.45) is 4.07. The molecule has 4 aromatic rings. The van der Waals surface area contributed by atoms with Gasteiger partial charge in [-0.2, -0.15) is 0 Å². The molecule has 0 radical (unpaired) electrons. The molecule has 0 N–H and O–H groups in total. The lowest BCUT2D eigenvalue weighted by Crippen LogP contribution is -2.28. The molecule has 1 amide bonds. The highest BCUT2D eigenvalue weighted by Gasteiger charge is 2.32. The van der Waals surface area contributed by atoms with Gasteiger partial charge in [0.25, 0.3) is 5.91 Å². The number of aliphatic imine (C=N–C) groups is 1. The van der Waals surface area contributed by atoms with E-state index in [0.717, 1.165) is 38.8 Å². The highest BCUT2D eigenvalue weighted by Crippen LogP contribution is 2.37. The number of fused-ring (bicyclic) bond motifs is 1. The Morgan fingerprint density at radius 1 is 0.972 bits per heavy atom. The number of rotatable bonds is 5. The molecule has 0 spiro atoms. The summed E-state index contributed by atoms with van der Waals surface area (Å²) in [6, 6.07) is 20.0. The maximum absolute atomic E-state index is 13.3. The first-order valence-corrected chi connectivity index (χ1v) is 13.3. The van der Waals surface area contributed by atoms with Crippen LogP contribution < -0.4 is 0 Å². The van der Waals surface area contributed by atoms with Gasteiger partial charge < -0.3 is 4.57 Å². The molecule has 7 heteroatoms. The lowest BCUT2D eigenvalue weighted by molar-refractivity contribution is -0.122. The van der Waals surface area contributed by atoms with Crippen molar-refractivity contribution in [3.63, 3.8) is 0 Å². The van der Waals surface area contributed by atoms with Gasteiger partial charge in [0.05, 0.1) is 20.6 Å². The maximum Gasteiger partial charge on any atom is 0.266 e. The van der Waals surface area contributed by atoms with Crippen LogP contribution in [0.25, 0.3) is 17.0 Å². The number of nitrogens with zero attached hydrogens (tertiary/aromatic N) is 3. The van der Waals surface area contributed by atoms with E-state index in [4.69, 9.17) is 28.2 Å². The van der Waals surface area contributed by atoms with E-state index in [1.807, 2.05) is 75.4 Å². The molecule has 3 aromatic carbocycles. The topological polar surface area (TPSA) is 37.6 Å². The summed E-state index contributed by atoms with van der Waals surface area (Å²) >= 11 is 13.8. The van der Waals surface area contributed by atoms with Crippen molar-refractivity contribution in [2.24, 2.45) is 4.99 Å². The molecule has 1 fully saturated rings. The third kappa shape index (κ3) is 4.71. The molecular weight excluding hydrogens is 509 g/mol. The standard InChI is InChI=1S/C29H25Cl2N3OS/c1-4-34-28(35)26(36-29(34)32-27-18(2)8-7-9-19(27)3)15-21-17-33(25-11-6-5-10-22(21)25)16-20-12-13-23(30)24(31)14-20/h5-15,17H,4,16H2,1-3H3/b26-15+,32-29?. The van der Waals surface area contributed by atoms with Crippen LogP contribution in [0.15, 0.2) is 76.8 Å². The molecule has 182 valence electrons. The van der Waals surface area contributed by atoms with Crippen molar-refractivity contribution in [3.05, 3.63) is 104 Å². The molecule has 4 nitrogen and oxygen atoms in total. The van der Waals surface area contributed by atoms with Crippen molar-refractivity contribution in [1.29, 1.82) is 0 Å². The lowest BCUT2D eigenvalue weighted by atomic mass is 10.1. The number of halogens is 2. The lowest BCUT2D eigenvalue weighted by Gasteiger charge is -2.13. The Morgan fingerprint density at radius 3 is 2.44 bits per heavy atom. The summed E-state index contributed by atoms with van der Waals surface area (Å²) in [5.74, 6) is -0.0196. The summed E-state index contributed by atoms with van der Waals surface area (Å²) in [6.45, 7) is 7.27. The highest BCUT2D eigenvalue weighted by molar-refractivity contribution is 8.18. The Hall–Kier alpha value is -2.99. The van der Waals surface area contributed by atoms with Gasteiger partial charge >= 0.3 is 0 Å². The average Bonchev–Trinajstić information content (AvgIpc) is 3.35. The van der Waals surface area contributed by atoms with E-state index in [9.17, 15) is 4.79 Å². The van der Waals surface area contributed by atoms with Gasteiger partial charge in [-0.1, -0.05) is 65.7 Å². The molecule has 1 aliphatic heterocycles. The van der Waals surface area contributed by atoms with Crippen molar-refractivity contribution < 1.29 is 4.79 Å². The van der Waals surface area contributed by atoms with Crippen LogP contribution in [-0.2, 0) is 11.3 Å². The van der Waals surface area contributed by atoms with Crippen LogP contribution in [-0.4, -0.2) is 27.1 Å². The van der Waals surface area contributed by atoms with Gasteiger partial charge in [0.15, 0.2) is 5.17 Å². The second kappa shape index (κ2) is 10.2. The second-order valence-electron chi connectivity index (χ2n) is 8.77. The van der Waals surface area contributed by atoms with E-state index in [2.05, 4.69) is 22.9 Å². The fourth-order valence-corrected chi connectivity index (χ4v) is 5.80. The summed E-state index contributed by atoms with van der Waals surface area (Å²) in [7, 11) is 0. The van der Waals surface area contributed by atoms with Gasteiger partial charge in [-0.15, -0.1) is 0 Å². The normalized spacial score (nSPS) is 16.1. The van der Waals surface area contributed by atoms with Crippen LogP contribution in [0.3, 0.4) is 0 Å². The fourth-order valence-electron chi connectivity index (χ4n) is 4.44. The number of hydrogen-bond donors (Lipinski definition) is 0. The minimum absolute atomic E-state index is 0.0196. The maximum atomic E-state index is 13.3. The Morgan fingerprint density at radius 2 is 1.72 bits per heavy atom. The number of aryl methyl sites for hydroxylation is 2. The zero-order chi connectivity index (χ0) is 25.4. The zero-order valence-corrected chi connectivity index (χ0v) is 22.6. The molecule has 1 aromatic heterocycles. The van der Waals surface area contributed by atoms with Crippen LogP contribution in [0.5, 0.6) is 0 Å². The molecule has 5 rings (SSSR count). The highest BCUT2D eigenvalue weighted by atomic mass is 35.5. The Labute approximate surface area is 225 Å². The summed E-state index contributed by atoms with van der Waals surface area (Å²) in [5.41, 5.74) is 6.24. The SMILES string of the molecule is CCN1C(=O)/C(=C\c2cn(Cc3ccc(Cl)c(Cl)c3)c3ccccc23)SC1=Nc1c(C)cccc1C. The molecule has 0 saturated carbocycles. The van der Waals surface area contributed by atoms with E-state index in [1.54, 1.807) is 4.90 Å². The molecule has 0 atom stereocenters. The van der Waals surface area contributed by atoms with Crippen molar-refractivity contribution in [2.45, 2.75) is 27.3 Å². The molecule has 0 bridgehead atoms. The molecule has 0 aliphatic carbocycles. The smallest absolute Gasteiger partial charge is 0.266 e. The number of benzene rings is 3. The average molecular weight is 535 g/mol. The van der Waals surface area contributed by atoms with Gasteiger partial charge in [0.2, 0.25) is 0 Å². The number of amidine groups is 1. The third-order valence-corrected chi connectivity index (χ3v) is 8.04. The predicted octanol–water partition coefficient (Wildman–Crippen LogP) is 8.24. The van der Waals surface area contributed by atoms with Crippen molar-refractivity contribution >= 4 is 68.7 Å². The number of likely N-dealkylation sites (N-methyl/N-ethyl adjacent to an activating group) is 1. The van der Waals surface area contributed by atoms with Crippen LogP contribution >= 0.6 is 35.0 Å². The van der Waals surface area contributed by atoms with Crippen LogP contribution in [0.4, 0.5) is 5.69 Å². The first-order valence-electron chi connectivity index (χ1n) is 11.7. The number of amides is 1. The van der Waals surface area contributed by atoms with E-state index in [1.165, 1.54) is 11.8 Å². The van der Waals surface area contributed by atoms with Gasteiger partial charge in [-0.25, -0.2) is 4.99 Å². The summed E-state index contributed by atoms with van der Waals surface area (Å²) in [4.78, 5) is 20.7. The van der Waals surface area contributed by atoms with Gasteiger partial charge in [-0.05, 0) is 73.5 Å². The van der Waals surface area contributed by atoms with Crippen LogP contribution in [0.2, 0.25) is 10.0 Å². The molecule has 0 unspecified atom stereocenters. The van der Waals surface area contributed by atoms with Crippen LogP contribution in [0.1, 0.15) is 29.2 Å². The number of carbonyl (C=O) groups is 1. The van der Waals surface area contributed by atoms with E-state index in [0.29, 0.717) is 33.2 Å². The van der Waals surface area contributed by atoms with Crippen molar-refractivity contribution in [2.75, 3.05) is 6.54 Å². The van der Waals surface area contributed by atoms with Crippen LogP contribution in [0, 0.1) is 13.8 Å². The zero-order valence-electron chi connectivity index (χ0n) is 20.3. The van der Waals surface area contributed by atoms with Crippen molar-refractivity contribution in [1.82, 2.24) is 9.47 Å². The van der Waals surface area contributed by atoms with Gasteiger partial charge in [0.1, 0.15) is 0 Å². The van der Waals surface area contributed by atoms with Crippen molar-refractivity contribution in [3.8, 4) is 0 Å². The Balaban J connectivity index is 1.53. The number of para-hydroxylation sites is 2. The van der Waals surface area contributed by atoms with Gasteiger partial charge in [0, 0.05) is 35.8 Å². The first kappa shape index (κ1) is 24.7. The predicted molar refractivity (Wildman–Crippen MR) is 153 cm³/mol. The molecule has 1 saturated heterocycles. The number of hydrogen-bond acceptors (Lipinski definition) is 3. The number of aromatic nitrogens is 1. The fraction of sp³-hybridized carbons (Fsp3) is 0.172. The van der Waals surface area contributed by atoms with E-state index in [-0.39, 0.29) is 5.91 Å². The minimum Gasteiger partial charge on any atom is -0.342 e. The van der Waals surface area contributed by atoms with E-state index >= 15 is 0 Å². The second-order valence-corrected chi connectivity index (χ2v) is 10.6. The summed E-state index contributed by atoms with van der Waals surface area (Å²) in [5, 5.41) is 2.88. The molecule has 2 heterocycles. The van der Waals surface area contributed by atoms with Gasteiger partial charge in [-0.3, -0.25) is 9.69 Å². The molecular formula is C29H25Cl2N3OS. The first-order chi connectivity index (χ1) is 17.4. The number of thioether (sulfide) groups is 1. The van der Waals surface area contributed by atoms with E-state index < -0.39 is 0 Å². The Bertz CT molecular complexity index is 1530. The molecule has 1 aliphatic rings. The minimum atomic E-state index is -0.0196. The molecule has 36 heavy (non-hydrogen) atoms. The quantitative estimate of drug-likeness (QED) is 0.242. The largest absolute Gasteiger partial charge is 0.342 e. The third-order valence-electron chi connectivity index (χ3n) is 6.29. The summed E-state index contributed by atoms with van der Waals surface area (Å²) < 4.78 is 2.18. The monoisotopic (exact) mass is 533 g/mol.